The van der Waals surface area contributed by atoms with E-state index < -0.39 is 0 Å². The van der Waals surface area contributed by atoms with E-state index >= 15 is 0 Å². The van der Waals surface area contributed by atoms with Gasteiger partial charge in [0.05, 0.1) is 12.6 Å². The van der Waals surface area contributed by atoms with Crippen LogP contribution in [0.5, 0.6) is 0 Å². The molecule has 1 atom stereocenters. The molecule has 0 bridgehead atoms. The third-order valence-corrected chi connectivity index (χ3v) is 3.79. The van der Waals surface area contributed by atoms with Crippen LogP contribution in [0.2, 0.25) is 10.2 Å². The molecule has 0 amide bonds. The fourth-order valence-electron chi connectivity index (χ4n) is 1.86. The maximum atomic E-state index is 9.34. The van der Waals surface area contributed by atoms with Gasteiger partial charge in [-0.25, -0.2) is 0 Å². The highest BCUT2D eigenvalue weighted by Crippen LogP contribution is 2.33. The molecule has 94 valence electrons. The molecule has 0 radical (unpaired) electrons. The summed E-state index contributed by atoms with van der Waals surface area (Å²) < 4.78 is 0. The maximum Gasteiger partial charge on any atom is 0.223 e. The number of halogens is 2. The van der Waals surface area contributed by atoms with Crippen LogP contribution in [0.15, 0.2) is 0 Å². The molecule has 1 aliphatic rings. The predicted octanol–water partition coefficient (Wildman–Crippen LogP) is 1.94. The summed E-state index contributed by atoms with van der Waals surface area (Å²) in [6, 6.07) is -0.0633. The lowest BCUT2D eigenvalue weighted by atomic mass is 9.80. The molecule has 17 heavy (non-hydrogen) atoms. The number of nitrogens with one attached hydrogen (secondary N) is 1. The van der Waals surface area contributed by atoms with Gasteiger partial charge in [0.1, 0.15) is 5.02 Å². The smallest absolute Gasteiger partial charge is 0.223 e. The van der Waals surface area contributed by atoms with Crippen molar-refractivity contribution >= 4 is 35.0 Å². The summed E-state index contributed by atoms with van der Waals surface area (Å²) in [6.07, 6.45) is 3.40. The Bertz CT molecular complexity index is 412. The third kappa shape index (κ3) is 2.73. The van der Waals surface area contributed by atoms with Gasteiger partial charge in [-0.1, -0.05) is 29.6 Å². The van der Waals surface area contributed by atoms with Gasteiger partial charge in [0.15, 0.2) is 11.0 Å². The zero-order valence-corrected chi connectivity index (χ0v) is 10.7. The van der Waals surface area contributed by atoms with Crippen molar-refractivity contribution in [3.05, 3.63) is 10.2 Å². The summed E-state index contributed by atoms with van der Waals surface area (Å²) >= 11 is 11.8. The van der Waals surface area contributed by atoms with E-state index in [1.807, 2.05) is 0 Å². The number of aliphatic hydroxyl groups excluding tert-OH is 1. The van der Waals surface area contributed by atoms with Crippen LogP contribution >= 0.6 is 23.2 Å². The molecule has 1 aliphatic carbocycles. The first-order valence-electron chi connectivity index (χ1n) is 5.47. The summed E-state index contributed by atoms with van der Waals surface area (Å²) in [5.74, 6) is 0.897. The van der Waals surface area contributed by atoms with E-state index in [1.165, 1.54) is 6.42 Å². The first kappa shape index (κ1) is 12.7. The van der Waals surface area contributed by atoms with Gasteiger partial charge in [-0.15, -0.1) is 0 Å². The molecule has 1 saturated carbocycles. The molecule has 1 aromatic heterocycles. The van der Waals surface area contributed by atoms with E-state index in [0.717, 1.165) is 12.8 Å². The van der Waals surface area contributed by atoms with Crippen LogP contribution in [0, 0.1) is 5.92 Å². The molecule has 0 saturated heterocycles. The van der Waals surface area contributed by atoms with Crippen LogP contribution in [0.1, 0.15) is 19.3 Å². The minimum Gasteiger partial charge on any atom is -0.394 e. The molecule has 1 fully saturated rings. The molecule has 2 rings (SSSR count). The number of anilines is 2. The lowest BCUT2D eigenvalue weighted by molar-refractivity contribution is 0.187. The van der Waals surface area contributed by atoms with E-state index in [4.69, 9.17) is 28.9 Å². The second-order valence-electron chi connectivity index (χ2n) is 4.16. The first-order valence-corrected chi connectivity index (χ1v) is 6.23. The van der Waals surface area contributed by atoms with Gasteiger partial charge in [0.25, 0.3) is 0 Å². The van der Waals surface area contributed by atoms with E-state index in [-0.39, 0.29) is 28.8 Å². The predicted molar refractivity (Wildman–Crippen MR) is 68.3 cm³/mol. The number of nitrogens with zero attached hydrogens (tertiary/aromatic N) is 2. The van der Waals surface area contributed by atoms with Crippen molar-refractivity contribution in [2.24, 2.45) is 5.92 Å². The SMILES string of the molecule is Nc1nc(Cl)c(Cl)c(NC(CO)C2CCC2)n1. The highest BCUT2D eigenvalue weighted by Gasteiger charge is 2.27. The quantitative estimate of drug-likeness (QED) is 0.732. The second kappa shape index (κ2) is 5.25. The van der Waals surface area contributed by atoms with E-state index in [0.29, 0.717) is 11.7 Å². The number of nitrogens with two attached hydrogens (primary N) is 1. The van der Waals surface area contributed by atoms with Crippen LogP contribution in [-0.4, -0.2) is 27.7 Å². The Balaban J connectivity index is 2.16. The van der Waals surface area contributed by atoms with Crippen molar-refractivity contribution in [2.45, 2.75) is 25.3 Å². The van der Waals surface area contributed by atoms with Crippen molar-refractivity contribution in [2.75, 3.05) is 17.7 Å². The summed E-state index contributed by atoms with van der Waals surface area (Å²) in [6.45, 7) is 0.0303. The van der Waals surface area contributed by atoms with Crippen molar-refractivity contribution in [3.63, 3.8) is 0 Å². The zero-order chi connectivity index (χ0) is 12.4. The van der Waals surface area contributed by atoms with Crippen molar-refractivity contribution in [1.29, 1.82) is 0 Å². The van der Waals surface area contributed by atoms with Gasteiger partial charge in [0.2, 0.25) is 5.95 Å². The average Bonchev–Trinajstić information content (AvgIpc) is 2.21. The van der Waals surface area contributed by atoms with Gasteiger partial charge in [-0.05, 0) is 18.8 Å². The van der Waals surface area contributed by atoms with E-state index in [2.05, 4.69) is 15.3 Å². The number of aromatic nitrogens is 2. The van der Waals surface area contributed by atoms with Crippen molar-refractivity contribution in [1.82, 2.24) is 9.97 Å². The Morgan fingerprint density at radius 1 is 1.41 bits per heavy atom. The molecular weight excluding hydrogens is 263 g/mol. The van der Waals surface area contributed by atoms with Crippen LogP contribution in [0.3, 0.4) is 0 Å². The Hall–Kier alpha value is -0.780. The summed E-state index contributed by atoms with van der Waals surface area (Å²) in [5, 5.41) is 12.8. The average molecular weight is 277 g/mol. The number of hydrogen-bond donors (Lipinski definition) is 3. The van der Waals surface area contributed by atoms with E-state index in [9.17, 15) is 5.11 Å². The number of hydrogen-bond acceptors (Lipinski definition) is 5. The monoisotopic (exact) mass is 276 g/mol. The van der Waals surface area contributed by atoms with Gasteiger partial charge in [-0.3, -0.25) is 0 Å². The Kier molecular flexibility index (Phi) is 3.91. The molecule has 0 aromatic carbocycles. The fourth-order valence-corrected chi connectivity index (χ4v) is 2.18. The van der Waals surface area contributed by atoms with Crippen molar-refractivity contribution < 1.29 is 5.11 Å². The lowest BCUT2D eigenvalue weighted by Gasteiger charge is -2.33. The van der Waals surface area contributed by atoms with Gasteiger partial charge < -0.3 is 16.2 Å². The maximum absolute atomic E-state index is 9.34. The molecule has 0 spiro atoms. The lowest BCUT2D eigenvalue weighted by Crippen LogP contribution is -2.37. The van der Waals surface area contributed by atoms with Crippen LogP contribution in [-0.2, 0) is 0 Å². The van der Waals surface area contributed by atoms with Gasteiger partial charge in [-0.2, -0.15) is 9.97 Å². The minimum absolute atomic E-state index is 0.0303. The van der Waals surface area contributed by atoms with Crippen LogP contribution < -0.4 is 11.1 Å². The molecule has 1 heterocycles. The molecule has 1 aromatic rings. The normalized spacial score (nSPS) is 17.6. The largest absolute Gasteiger partial charge is 0.394 e. The van der Waals surface area contributed by atoms with E-state index in [1.54, 1.807) is 0 Å². The topological polar surface area (TPSA) is 84.1 Å². The number of nitrogen functional groups attached to an aromatic ring is 1. The number of rotatable bonds is 4. The fraction of sp³-hybridized carbons (Fsp3) is 0.600. The Labute approximate surface area is 109 Å². The van der Waals surface area contributed by atoms with Crippen LogP contribution in [0.4, 0.5) is 11.8 Å². The summed E-state index contributed by atoms with van der Waals surface area (Å²) in [5.41, 5.74) is 5.50. The molecule has 7 heteroatoms. The Morgan fingerprint density at radius 3 is 2.65 bits per heavy atom. The summed E-state index contributed by atoms with van der Waals surface area (Å²) in [7, 11) is 0. The molecule has 4 N–H and O–H groups in total. The molecule has 1 unspecified atom stereocenters. The summed E-state index contributed by atoms with van der Waals surface area (Å²) in [4.78, 5) is 7.73. The van der Waals surface area contributed by atoms with Crippen molar-refractivity contribution in [3.8, 4) is 0 Å². The second-order valence-corrected chi connectivity index (χ2v) is 4.90. The zero-order valence-electron chi connectivity index (χ0n) is 9.16. The molecular formula is C10H14Cl2N4O. The third-order valence-electron chi connectivity index (χ3n) is 3.07. The van der Waals surface area contributed by atoms with Crippen LogP contribution in [0.25, 0.3) is 0 Å². The first-order chi connectivity index (χ1) is 8.11. The highest BCUT2D eigenvalue weighted by atomic mass is 35.5. The Morgan fingerprint density at radius 2 is 2.12 bits per heavy atom. The molecule has 0 aliphatic heterocycles. The minimum atomic E-state index is -0.0633. The van der Waals surface area contributed by atoms with Gasteiger partial charge >= 0.3 is 0 Å². The number of aliphatic hydroxyl groups is 1. The molecule has 5 nitrogen and oxygen atoms in total. The van der Waals surface area contributed by atoms with Gasteiger partial charge in [0, 0.05) is 0 Å². The highest BCUT2D eigenvalue weighted by molar-refractivity contribution is 6.42. The standard InChI is InChI=1S/C10H14Cl2N4O/c11-7-8(12)15-10(13)16-9(7)14-6(4-17)5-2-1-3-5/h5-6,17H,1-4H2,(H3,13,14,15,16).